The lowest BCUT2D eigenvalue weighted by atomic mass is 10.0. The van der Waals surface area contributed by atoms with Gasteiger partial charge < -0.3 is 5.11 Å². The first-order valence-electron chi connectivity index (χ1n) is 4.15. The molecule has 1 aromatic rings. The van der Waals surface area contributed by atoms with Gasteiger partial charge in [0.25, 0.3) is 0 Å². The first-order valence-corrected chi connectivity index (χ1v) is 4.15. The van der Waals surface area contributed by atoms with Gasteiger partial charge in [0.2, 0.25) is 0 Å². The molecule has 1 aromatic heterocycles. The van der Waals surface area contributed by atoms with Gasteiger partial charge in [0, 0.05) is 18.8 Å². The minimum atomic E-state index is -1.19. The van der Waals surface area contributed by atoms with E-state index in [1.807, 2.05) is 6.92 Å². The Morgan fingerprint density at radius 1 is 1.54 bits per heavy atom. The van der Waals surface area contributed by atoms with Gasteiger partial charge in [-0.1, -0.05) is 12.8 Å². The third-order valence-corrected chi connectivity index (χ3v) is 1.57. The van der Waals surface area contributed by atoms with E-state index in [9.17, 15) is 5.11 Å². The van der Waals surface area contributed by atoms with Gasteiger partial charge in [-0.05, 0) is 6.92 Å². The summed E-state index contributed by atoms with van der Waals surface area (Å²) in [7, 11) is 0. The van der Waals surface area contributed by atoms with E-state index in [4.69, 9.17) is 0 Å². The standard InChI is InChI=1S/C10H12N2O/c1-3-4-5-10(2,13)9-8-11-6-7-12-9/h6-8,13H,3H2,1-2H3. The normalized spacial score (nSPS) is 14.1. The highest BCUT2D eigenvalue weighted by molar-refractivity contribution is 5.22. The molecule has 0 aliphatic carbocycles. The third-order valence-electron chi connectivity index (χ3n) is 1.57. The second-order valence-corrected chi connectivity index (χ2v) is 2.82. The molecular weight excluding hydrogens is 164 g/mol. The Bertz CT molecular complexity index is 322. The summed E-state index contributed by atoms with van der Waals surface area (Å²) in [6, 6.07) is 0. The van der Waals surface area contributed by atoms with Crippen LogP contribution in [0.1, 0.15) is 26.0 Å². The Balaban J connectivity index is 2.94. The first kappa shape index (κ1) is 9.69. The van der Waals surface area contributed by atoms with Crippen LogP contribution in [0.4, 0.5) is 0 Å². The summed E-state index contributed by atoms with van der Waals surface area (Å²) in [4.78, 5) is 7.86. The van der Waals surface area contributed by atoms with Crippen LogP contribution in [0.2, 0.25) is 0 Å². The van der Waals surface area contributed by atoms with Crippen molar-refractivity contribution in [3.63, 3.8) is 0 Å². The lowest BCUT2D eigenvalue weighted by Gasteiger charge is -2.14. The quantitative estimate of drug-likeness (QED) is 0.652. The zero-order chi connectivity index (χ0) is 9.73. The number of hydrogen-bond acceptors (Lipinski definition) is 3. The SMILES string of the molecule is CCC#CC(C)(O)c1cnccn1. The molecule has 13 heavy (non-hydrogen) atoms. The van der Waals surface area contributed by atoms with E-state index >= 15 is 0 Å². The number of aliphatic hydroxyl groups is 1. The van der Waals surface area contributed by atoms with Crippen LogP contribution in [0.5, 0.6) is 0 Å². The van der Waals surface area contributed by atoms with Gasteiger partial charge in [-0.3, -0.25) is 9.97 Å². The van der Waals surface area contributed by atoms with Gasteiger partial charge in [0.15, 0.2) is 5.60 Å². The molecule has 1 rings (SSSR count). The van der Waals surface area contributed by atoms with Crippen molar-refractivity contribution in [2.75, 3.05) is 0 Å². The van der Waals surface area contributed by atoms with E-state index in [1.165, 1.54) is 12.4 Å². The topological polar surface area (TPSA) is 46.0 Å². The van der Waals surface area contributed by atoms with Crippen molar-refractivity contribution in [2.45, 2.75) is 25.9 Å². The number of nitrogens with zero attached hydrogens (tertiary/aromatic N) is 2. The van der Waals surface area contributed by atoms with Gasteiger partial charge >= 0.3 is 0 Å². The van der Waals surface area contributed by atoms with Crippen molar-refractivity contribution in [1.82, 2.24) is 9.97 Å². The minimum absolute atomic E-state index is 0.482. The van der Waals surface area contributed by atoms with E-state index in [-0.39, 0.29) is 0 Å². The molecule has 1 atom stereocenters. The molecule has 1 heterocycles. The third kappa shape index (κ3) is 2.53. The molecule has 3 nitrogen and oxygen atoms in total. The van der Waals surface area contributed by atoms with Crippen LogP contribution in [0, 0.1) is 11.8 Å². The van der Waals surface area contributed by atoms with Crippen LogP contribution in [-0.4, -0.2) is 15.1 Å². The smallest absolute Gasteiger partial charge is 0.166 e. The average molecular weight is 176 g/mol. The predicted octanol–water partition coefficient (Wildman–Crippen LogP) is 1.10. The number of hydrogen-bond donors (Lipinski definition) is 1. The molecule has 1 unspecified atom stereocenters. The Labute approximate surface area is 77.9 Å². The molecule has 0 aliphatic heterocycles. The zero-order valence-electron chi connectivity index (χ0n) is 7.78. The highest BCUT2D eigenvalue weighted by Gasteiger charge is 2.21. The van der Waals surface area contributed by atoms with E-state index in [0.717, 1.165) is 6.42 Å². The molecular formula is C10H12N2O. The van der Waals surface area contributed by atoms with Crippen molar-refractivity contribution in [1.29, 1.82) is 0 Å². The Hall–Kier alpha value is -1.40. The second kappa shape index (κ2) is 4.01. The summed E-state index contributed by atoms with van der Waals surface area (Å²) < 4.78 is 0. The molecule has 0 radical (unpaired) electrons. The Morgan fingerprint density at radius 3 is 2.85 bits per heavy atom. The molecule has 0 amide bonds. The molecule has 0 spiro atoms. The van der Waals surface area contributed by atoms with E-state index in [1.54, 1.807) is 13.1 Å². The number of aromatic nitrogens is 2. The predicted molar refractivity (Wildman–Crippen MR) is 49.7 cm³/mol. The summed E-state index contributed by atoms with van der Waals surface area (Å²) in [5.74, 6) is 5.55. The lowest BCUT2D eigenvalue weighted by Crippen LogP contribution is -2.20. The van der Waals surface area contributed by atoms with Crippen LogP contribution in [-0.2, 0) is 5.60 Å². The fourth-order valence-electron chi connectivity index (χ4n) is 0.875. The van der Waals surface area contributed by atoms with Crippen molar-refractivity contribution < 1.29 is 5.11 Å². The Morgan fingerprint density at radius 2 is 2.31 bits per heavy atom. The van der Waals surface area contributed by atoms with Gasteiger partial charge in [0.1, 0.15) is 5.69 Å². The maximum absolute atomic E-state index is 9.84. The average Bonchev–Trinajstić information content (AvgIpc) is 2.16. The van der Waals surface area contributed by atoms with Gasteiger partial charge in [-0.2, -0.15) is 0 Å². The second-order valence-electron chi connectivity index (χ2n) is 2.82. The van der Waals surface area contributed by atoms with Gasteiger partial charge in [0.05, 0.1) is 6.20 Å². The van der Waals surface area contributed by atoms with Crippen molar-refractivity contribution in [3.05, 3.63) is 24.3 Å². The van der Waals surface area contributed by atoms with Crippen LogP contribution in [0.3, 0.4) is 0 Å². The largest absolute Gasteiger partial charge is 0.372 e. The molecule has 0 fully saturated rings. The molecule has 1 N–H and O–H groups in total. The molecule has 68 valence electrons. The maximum Gasteiger partial charge on any atom is 0.166 e. The van der Waals surface area contributed by atoms with Crippen molar-refractivity contribution in [2.24, 2.45) is 0 Å². The van der Waals surface area contributed by atoms with Crippen LogP contribution in [0.25, 0.3) is 0 Å². The summed E-state index contributed by atoms with van der Waals surface area (Å²) in [5.41, 5.74) is -0.708. The molecule has 0 saturated heterocycles. The monoisotopic (exact) mass is 176 g/mol. The fourth-order valence-corrected chi connectivity index (χ4v) is 0.875. The molecule has 0 aromatic carbocycles. The maximum atomic E-state index is 9.84. The summed E-state index contributed by atoms with van der Waals surface area (Å²) in [6.07, 6.45) is 5.34. The first-order chi connectivity index (χ1) is 6.17. The van der Waals surface area contributed by atoms with Gasteiger partial charge in [-0.25, -0.2) is 0 Å². The van der Waals surface area contributed by atoms with Crippen LogP contribution < -0.4 is 0 Å². The lowest BCUT2D eigenvalue weighted by molar-refractivity contribution is 0.116. The van der Waals surface area contributed by atoms with Crippen LogP contribution in [0.15, 0.2) is 18.6 Å². The Kier molecular flexibility index (Phi) is 2.99. The molecule has 0 bridgehead atoms. The summed E-state index contributed by atoms with van der Waals surface area (Å²) in [6.45, 7) is 3.54. The minimum Gasteiger partial charge on any atom is -0.372 e. The summed E-state index contributed by atoms with van der Waals surface area (Å²) in [5, 5.41) is 9.84. The van der Waals surface area contributed by atoms with Crippen LogP contribution >= 0.6 is 0 Å². The molecule has 0 aliphatic rings. The van der Waals surface area contributed by atoms with E-state index in [2.05, 4.69) is 21.8 Å². The fraction of sp³-hybridized carbons (Fsp3) is 0.400. The number of rotatable bonds is 1. The molecule has 0 saturated carbocycles. The highest BCUT2D eigenvalue weighted by Crippen LogP contribution is 2.15. The van der Waals surface area contributed by atoms with Gasteiger partial charge in [-0.15, -0.1) is 5.92 Å². The summed E-state index contributed by atoms with van der Waals surface area (Å²) >= 11 is 0. The van der Waals surface area contributed by atoms with Crippen molar-refractivity contribution in [3.8, 4) is 11.8 Å². The zero-order valence-corrected chi connectivity index (χ0v) is 7.78. The van der Waals surface area contributed by atoms with E-state index in [0.29, 0.717) is 5.69 Å². The molecule has 3 heteroatoms. The van der Waals surface area contributed by atoms with Crippen molar-refractivity contribution >= 4 is 0 Å². The highest BCUT2D eigenvalue weighted by atomic mass is 16.3. The van der Waals surface area contributed by atoms with E-state index < -0.39 is 5.60 Å².